The van der Waals surface area contributed by atoms with E-state index in [1.54, 1.807) is 48.5 Å². The van der Waals surface area contributed by atoms with Crippen molar-refractivity contribution in [3.63, 3.8) is 0 Å². The van der Waals surface area contributed by atoms with Gasteiger partial charge in [0.25, 0.3) is 0 Å². The van der Waals surface area contributed by atoms with Gasteiger partial charge in [0, 0.05) is 0 Å². The first kappa shape index (κ1) is 21.2. The van der Waals surface area contributed by atoms with Gasteiger partial charge in [0.05, 0.1) is 12.7 Å². The van der Waals surface area contributed by atoms with Crippen LogP contribution in [-0.2, 0) is 24.1 Å². The zero-order valence-electron chi connectivity index (χ0n) is 16.1. The van der Waals surface area contributed by atoms with Gasteiger partial charge in [-0.3, -0.25) is 0 Å². The fourth-order valence-corrected chi connectivity index (χ4v) is 2.75. The summed E-state index contributed by atoms with van der Waals surface area (Å²) in [5.41, 5.74) is 0.148. The average Bonchev–Trinajstić information content (AvgIpc) is 2.76. The second-order valence-corrected chi connectivity index (χ2v) is 6.39. The average molecular weight is 416 g/mol. The molecule has 0 aromatic heterocycles. The molecule has 0 aliphatic carbocycles. The summed E-state index contributed by atoms with van der Waals surface area (Å²) in [6.07, 6.45) is -4.68. The molecule has 7 heteroatoms. The van der Waals surface area contributed by atoms with Crippen molar-refractivity contribution in [3.8, 4) is 11.5 Å². The van der Waals surface area contributed by atoms with Crippen molar-refractivity contribution in [2.24, 2.45) is 0 Å². The van der Waals surface area contributed by atoms with Gasteiger partial charge in [0.1, 0.15) is 18.8 Å². The number of alkyl halides is 3. The minimum Gasteiger partial charge on any atom is -0.485 e. The highest BCUT2D eigenvalue weighted by atomic mass is 19.4. The van der Waals surface area contributed by atoms with Crippen molar-refractivity contribution in [2.45, 2.75) is 19.4 Å². The van der Waals surface area contributed by atoms with Crippen LogP contribution in [0.1, 0.15) is 27.0 Å². The summed E-state index contributed by atoms with van der Waals surface area (Å²) in [7, 11) is 1.09. The normalized spacial score (nSPS) is 11.1. The predicted octanol–water partition coefficient (Wildman–Crippen LogP) is 5.65. The maximum atomic E-state index is 13.4. The number of hydrogen-bond donors (Lipinski definition) is 0. The molecule has 0 amide bonds. The quantitative estimate of drug-likeness (QED) is 0.467. The molecule has 0 aliphatic heterocycles. The summed E-state index contributed by atoms with van der Waals surface area (Å²) in [5, 5.41) is 0. The minimum absolute atomic E-state index is 0.00442. The van der Waals surface area contributed by atoms with Crippen LogP contribution >= 0.6 is 0 Å². The van der Waals surface area contributed by atoms with E-state index in [0.29, 0.717) is 6.07 Å². The van der Waals surface area contributed by atoms with Crippen LogP contribution in [0.25, 0.3) is 0 Å². The Balaban J connectivity index is 2.01. The summed E-state index contributed by atoms with van der Waals surface area (Å²) in [6.45, 7) is 0.0440. The molecule has 0 N–H and O–H groups in total. The smallest absolute Gasteiger partial charge is 0.416 e. The number of carbonyl (C=O) groups excluding carboxylic acids is 1. The number of esters is 1. The molecular formula is C23H19F3O4. The van der Waals surface area contributed by atoms with Gasteiger partial charge in [0.2, 0.25) is 0 Å². The van der Waals surface area contributed by atoms with Crippen LogP contribution < -0.4 is 9.47 Å². The van der Waals surface area contributed by atoms with E-state index in [1.165, 1.54) is 0 Å². The lowest BCUT2D eigenvalue weighted by Gasteiger charge is -2.18. The highest BCUT2D eigenvalue weighted by molar-refractivity contribution is 5.94. The first-order valence-electron chi connectivity index (χ1n) is 9.05. The summed E-state index contributed by atoms with van der Waals surface area (Å²) in [4.78, 5) is 12.2. The van der Waals surface area contributed by atoms with E-state index in [4.69, 9.17) is 9.47 Å². The van der Waals surface area contributed by atoms with E-state index in [2.05, 4.69) is 4.74 Å². The number of ether oxygens (including phenoxy) is 3. The highest BCUT2D eigenvalue weighted by Gasteiger charge is 2.34. The summed E-state index contributed by atoms with van der Waals surface area (Å²) >= 11 is 0. The van der Waals surface area contributed by atoms with Crippen molar-refractivity contribution < 1.29 is 32.2 Å². The Labute approximate surface area is 171 Å². The van der Waals surface area contributed by atoms with Crippen molar-refractivity contribution in [3.05, 3.63) is 95.1 Å². The Morgan fingerprint density at radius 3 is 1.87 bits per heavy atom. The van der Waals surface area contributed by atoms with Crippen LogP contribution in [0.15, 0.2) is 72.8 Å². The molecule has 3 aromatic rings. The van der Waals surface area contributed by atoms with Gasteiger partial charge in [-0.1, -0.05) is 60.7 Å². The topological polar surface area (TPSA) is 44.8 Å². The molecule has 0 bridgehead atoms. The van der Waals surface area contributed by atoms with Gasteiger partial charge < -0.3 is 14.2 Å². The zero-order valence-corrected chi connectivity index (χ0v) is 16.1. The second-order valence-electron chi connectivity index (χ2n) is 6.39. The molecule has 0 unspecified atom stereocenters. The standard InChI is InChI=1S/C23H19F3O4/c1-28-22(27)19-12-18(23(24,25)26)13-20(29-14-16-8-4-2-5-9-16)21(19)30-15-17-10-6-3-7-11-17/h2-13H,14-15H2,1H3. The van der Waals surface area contributed by atoms with Gasteiger partial charge in [-0.2, -0.15) is 13.2 Å². The van der Waals surface area contributed by atoms with Crippen molar-refractivity contribution in [1.82, 2.24) is 0 Å². The molecule has 0 saturated heterocycles. The van der Waals surface area contributed by atoms with E-state index < -0.39 is 17.7 Å². The molecule has 0 spiro atoms. The first-order chi connectivity index (χ1) is 14.4. The number of carbonyl (C=O) groups is 1. The fraction of sp³-hybridized carbons (Fsp3) is 0.174. The van der Waals surface area contributed by atoms with Gasteiger partial charge in [-0.25, -0.2) is 4.79 Å². The van der Waals surface area contributed by atoms with Crippen LogP contribution in [0.5, 0.6) is 11.5 Å². The van der Waals surface area contributed by atoms with Crippen molar-refractivity contribution >= 4 is 5.97 Å². The Morgan fingerprint density at radius 2 is 1.37 bits per heavy atom. The number of hydrogen-bond acceptors (Lipinski definition) is 4. The van der Waals surface area contributed by atoms with E-state index >= 15 is 0 Å². The summed E-state index contributed by atoms with van der Waals surface area (Å²) in [5.74, 6) is -1.24. The van der Waals surface area contributed by atoms with Gasteiger partial charge in [-0.15, -0.1) is 0 Å². The van der Waals surface area contributed by atoms with Crippen LogP contribution in [0.4, 0.5) is 13.2 Å². The minimum atomic E-state index is -4.68. The molecule has 0 saturated carbocycles. The first-order valence-corrected chi connectivity index (χ1v) is 9.05. The molecule has 156 valence electrons. The highest BCUT2D eigenvalue weighted by Crippen LogP contribution is 2.40. The van der Waals surface area contributed by atoms with Crippen LogP contribution in [0, 0.1) is 0 Å². The fourth-order valence-electron chi connectivity index (χ4n) is 2.75. The molecule has 4 nitrogen and oxygen atoms in total. The lowest BCUT2D eigenvalue weighted by atomic mass is 10.1. The Morgan fingerprint density at radius 1 is 0.833 bits per heavy atom. The molecule has 3 aromatic carbocycles. The number of halogens is 3. The zero-order chi connectivity index (χ0) is 21.6. The third kappa shape index (κ3) is 5.31. The summed E-state index contributed by atoms with van der Waals surface area (Å²) < 4.78 is 56.3. The molecule has 0 heterocycles. The molecule has 0 aliphatic rings. The Kier molecular flexibility index (Phi) is 6.61. The monoisotopic (exact) mass is 416 g/mol. The van der Waals surface area contributed by atoms with Gasteiger partial charge in [0.15, 0.2) is 11.5 Å². The second kappa shape index (κ2) is 9.35. The maximum absolute atomic E-state index is 13.4. The number of methoxy groups -OCH3 is 1. The third-order valence-electron chi connectivity index (χ3n) is 4.25. The van der Waals surface area contributed by atoms with Gasteiger partial charge in [-0.05, 0) is 23.3 Å². The van der Waals surface area contributed by atoms with Crippen LogP contribution in [-0.4, -0.2) is 13.1 Å². The van der Waals surface area contributed by atoms with Crippen LogP contribution in [0.2, 0.25) is 0 Å². The molecule has 3 rings (SSSR count). The predicted molar refractivity (Wildman–Crippen MR) is 104 cm³/mol. The lowest BCUT2D eigenvalue weighted by Crippen LogP contribution is -2.13. The molecular weight excluding hydrogens is 397 g/mol. The van der Waals surface area contributed by atoms with E-state index in [9.17, 15) is 18.0 Å². The SMILES string of the molecule is COC(=O)c1cc(C(F)(F)F)cc(OCc2ccccc2)c1OCc1ccccc1. The molecule has 0 atom stereocenters. The van der Waals surface area contributed by atoms with Crippen molar-refractivity contribution in [1.29, 1.82) is 0 Å². The molecule has 30 heavy (non-hydrogen) atoms. The van der Waals surface area contributed by atoms with Crippen LogP contribution in [0.3, 0.4) is 0 Å². The molecule has 0 radical (unpaired) electrons. The Bertz CT molecular complexity index is 987. The number of benzene rings is 3. The lowest BCUT2D eigenvalue weighted by molar-refractivity contribution is -0.137. The third-order valence-corrected chi connectivity index (χ3v) is 4.25. The molecule has 0 fully saturated rings. The van der Waals surface area contributed by atoms with E-state index in [-0.39, 0.29) is 30.3 Å². The van der Waals surface area contributed by atoms with Crippen molar-refractivity contribution in [2.75, 3.05) is 7.11 Å². The van der Waals surface area contributed by atoms with E-state index in [1.807, 2.05) is 12.1 Å². The largest absolute Gasteiger partial charge is 0.485 e. The Hall–Kier alpha value is -3.48. The van der Waals surface area contributed by atoms with Gasteiger partial charge >= 0.3 is 12.1 Å². The van der Waals surface area contributed by atoms with E-state index in [0.717, 1.165) is 24.3 Å². The maximum Gasteiger partial charge on any atom is 0.416 e. The number of rotatable bonds is 7. The summed E-state index contributed by atoms with van der Waals surface area (Å²) in [6, 6.07) is 19.5.